The van der Waals surface area contributed by atoms with Crippen LogP contribution in [-0.2, 0) is 11.2 Å². The number of halogens is 1. The Bertz CT molecular complexity index is 344. The van der Waals surface area contributed by atoms with Crippen molar-refractivity contribution in [2.45, 2.75) is 26.2 Å². The van der Waals surface area contributed by atoms with Crippen LogP contribution in [0, 0.1) is 5.92 Å². The van der Waals surface area contributed by atoms with Crippen molar-refractivity contribution in [2.24, 2.45) is 5.92 Å². The fourth-order valence-corrected chi connectivity index (χ4v) is 2.53. The molecule has 1 aromatic carbocycles. The molecule has 0 spiro atoms. The maximum Gasteiger partial charge on any atom is 0.308 e. The van der Waals surface area contributed by atoms with E-state index in [9.17, 15) is 4.79 Å². The molecule has 1 aliphatic rings. The number of nitrogens with one attached hydrogen (secondary N) is 1. The maximum absolute atomic E-state index is 11.2. The molecular weight excluding hydrogens is 234 g/mol. The van der Waals surface area contributed by atoms with Crippen LogP contribution in [0.5, 0.6) is 0 Å². The zero-order valence-electron chi connectivity index (χ0n) is 10.3. The second-order valence-electron chi connectivity index (χ2n) is 4.79. The van der Waals surface area contributed by atoms with Gasteiger partial charge in [0.15, 0.2) is 0 Å². The number of carbonyl (C=O) groups is 1. The van der Waals surface area contributed by atoms with Gasteiger partial charge in [-0.2, -0.15) is 0 Å². The van der Waals surface area contributed by atoms with Gasteiger partial charge in [-0.1, -0.05) is 30.3 Å². The fraction of sp³-hybridized carbons (Fsp3) is 0.500. The lowest BCUT2D eigenvalue weighted by molar-refractivity contribution is -0.827. The van der Waals surface area contributed by atoms with E-state index < -0.39 is 0 Å². The van der Waals surface area contributed by atoms with Crippen molar-refractivity contribution in [1.82, 2.24) is 0 Å². The van der Waals surface area contributed by atoms with Gasteiger partial charge >= 0.3 is 5.91 Å². The fourth-order valence-electron chi connectivity index (χ4n) is 2.53. The lowest BCUT2D eigenvalue weighted by Crippen LogP contribution is -3.15. The molecule has 1 aromatic rings. The molecule has 0 bridgehead atoms. The van der Waals surface area contributed by atoms with E-state index >= 15 is 0 Å². The highest BCUT2D eigenvalue weighted by atomic mass is 35.5. The molecule has 0 atom stereocenters. The largest absolute Gasteiger partial charge is 1.00 e. The number of likely N-dealkylation sites (tertiary alicyclic amines) is 1. The summed E-state index contributed by atoms with van der Waals surface area (Å²) in [6.45, 7) is 3.74. The van der Waals surface area contributed by atoms with Crippen LogP contribution in [0.1, 0.15) is 25.3 Å². The molecule has 1 amide bonds. The van der Waals surface area contributed by atoms with Gasteiger partial charge in [0.1, 0.15) is 0 Å². The van der Waals surface area contributed by atoms with Gasteiger partial charge in [0, 0.05) is 12.8 Å². The number of carbonyl (C=O) groups excluding carboxylic acids is 1. The zero-order valence-corrected chi connectivity index (χ0v) is 11.0. The van der Waals surface area contributed by atoms with Crippen molar-refractivity contribution in [3.05, 3.63) is 35.9 Å². The van der Waals surface area contributed by atoms with Crippen molar-refractivity contribution in [3.63, 3.8) is 0 Å². The lowest BCUT2D eigenvalue weighted by atomic mass is 9.90. The highest BCUT2D eigenvalue weighted by Crippen LogP contribution is 2.16. The third-order valence-corrected chi connectivity index (χ3v) is 3.57. The molecule has 0 saturated carbocycles. The molecule has 3 heteroatoms. The van der Waals surface area contributed by atoms with E-state index in [4.69, 9.17) is 0 Å². The number of benzene rings is 1. The Morgan fingerprint density at radius 1 is 1.24 bits per heavy atom. The predicted molar refractivity (Wildman–Crippen MR) is 64.2 cm³/mol. The second-order valence-corrected chi connectivity index (χ2v) is 4.79. The summed E-state index contributed by atoms with van der Waals surface area (Å²) in [5, 5.41) is 0. The van der Waals surface area contributed by atoms with E-state index in [0.29, 0.717) is 5.91 Å². The van der Waals surface area contributed by atoms with Crippen molar-refractivity contribution in [1.29, 1.82) is 0 Å². The third-order valence-electron chi connectivity index (χ3n) is 3.57. The van der Waals surface area contributed by atoms with Crippen molar-refractivity contribution in [2.75, 3.05) is 13.1 Å². The highest BCUT2D eigenvalue weighted by molar-refractivity contribution is 5.63. The number of quaternary nitrogens is 1. The summed E-state index contributed by atoms with van der Waals surface area (Å²) in [5.74, 6) is 1.07. The minimum absolute atomic E-state index is 0. The first-order valence-corrected chi connectivity index (χ1v) is 6.15. The molecular formula is C14H20ClNO. The molecule has 0 aromatic heterocycles. The number of hydrogen-bond donors (Lipinski definition) is 1. The summed E-state index contributed by atoms with van der Waals surface area (Å²) in [5.41, 5.74) is 1.43. The Hall–Kier alpha value is -0.860. The predicted octanol–water partition coefficient (Wildman–Crippen LogP) is -1.93. The third kappa shape index (κ3) is 4.14. The molecule has 2 rings (SSSR count). The van der Waals surface area contributed by atoms with E-state index in [0.717, 1.165) is 23.9 Å². The minimum Gasteiger partial charge on any atom is -1.00 e. The van der Waals surface area contributed by atoms with Crippen molar-refractivity contribution < 1.29 is 22.1 Å². The van der Waals surface area contributed by atoms with Crippen LogP contribution in [0.3, 0.4) is 0 Å². The topological polar surface area (TPSA) is 21.5 Å². The SMILES string of the molecule is CC(=O)[NH+]1CCC(Cc2ccccc2)CC1.[Cl-]. The zero-order chi connectivity index (χ0) is 11.4. The van der Waals surface area contributed by atoms with E-state index in [1.807, 2.05) is 0 Å². The molecule has 1 heterocycles. The Morgan fingerprint density at radius 3 is 2.35 bits per heavy atom. The van der Waals surface area contributed by atoms with Gasteiger partial charge in [-0.3, -0.25) is 4.90 Å². The van der Waals surface area contributed by atoms with Crippen LogP contribution >= 0.6 is 0 Å². The summed E-state index contributed by atoms with van der Waals surface area (Å²) >= 11 is 0. The average Bonchev–Trinajstić information content (AvgIpc) is 2.31. The van der Waals surface area contributed by atoms with Crippen LogP contribution in [0.2, 0.25) is 0 Å². The molecule has 17 heavy (non-hydrogen) atoms. The van der Waals surface area contributed by atoms with Crippen LogP contribution in [0.25, 0.3) is 0 Å². The Labute approximate surface area is 109 Å². The summed E-state index contributed by atoms with van der Waals surface area (Å²) < 4.78 is 0. The van der Waals surface area contributed by atoms with Crippen molar-refractivity contribution >= 4 is 5.91 Å². The molecule has 1 N–H and O–H groups in total. The van der Waals surface area contributed by atoms with Gasteiger partial charge in [0.2, 0.25) is 0 Å². The molecule has 2 nitrogen and oxygen atoms in total. The van der Waals surface area contributed by atoms with Gasteiger partial charge in [-0.25, -0.2) is 4.79 Å². The maximum atomic E-state index is 11.2. The van der Waals surface area contributed by atoms with Crippen LogP contribution in [-0.4, -0.2) is 19.0 Å². The van der Waals surface area contributed by atoms with Gasteiger partial charge in [0.25, 0.3) is 0 Å². The molecule has 1 saturated heterocycles. The van der Waals surface area contributed by atoms with Crippen LogP contribution < -0.4 is 17.3 Å². The molecule has 0 unspecified atom stereocenters. The Kier molecular flexibility index (Phi) is 5.66. The number of rotatable bonds is 2. The molecule has 94 valence electrons. The van der Waals surface area contributed by atoms with Gasteiger partial charge in [0.05, 0.1) is 20.0 Å². The molecule has 0 radical (unpaired) electrons. The van der Waals surface area contributed by atoms with Crippen LogP contribution in [0.4, 0.5) is 0 Å². The number of piperidine rings is 1. The standard InChI is InChI=1S/C14H19NO.ClH/c1-12(16)15-9-7-14(8-10-15)11-13-5-3-2-4-6-13;/h2-6,14H,7-11H2,1H3;1H. The lowest BCUT2D eigenvalue weighted by Gasteiger charge is -2.26. The summed E-state index contributed by atoms with van der Waals surface area (Å²) in [6.07, 6.45) is 3.54. The van der Waals surface area contributed by atoms with E-state index in [-0.39, 0.29) is 12.4 Å². The van der Waals surface area contributed by atoms with E-state index in [1.165, 1.54) is 24.8 Å². The average molecular weight is 254 g/mol. The minimum atomic E-state index is 0. The second kappa shape index (κ2) is 6.77. The summed E-state index contributed by atoms with van der Waals surface area (Å²) in [6, 6.07) is 10.7. The molecule has 1 aliphatic heterocycles. The highest BCUT2D eigenvalue weighted by Gasteiger charge is 2.24. The van der Waals surface area contributed by atoms with Gasteiger partial charge in [-0.05, 0) is 17.9 Å². The monoisotopic (exact) mass is 253 g/mol. The first kappa shape index (κ1) is 14.2. The summed E-state index contributed by atoms with van der Waals surface area (Å²) in [7, 11) is 0. The van der Waals surface area contributed by atoms with E-state index in [2.05, 4.69) is 30.3 Å². The number of hydrogen-bond acceptors (Lipinski definition) is 1. The first-order chi connectivity index (χ1) is 7.75. The Balaban J connectivity index is 0.00000144. The number of amides is 1. The quantitative estimate of drug-likeness (QED) is 0.652. The smallest absolute Gasteiger partial charge is 0.308 e. The normalized spacial score (nSPS) is 23.8. The van der Waals surface area contributed by atoms with Gasteiger partial charge in [-0.15, -0.1) is 0 Å². The van der Waals surface area contributed by atoms with Gasteiger partial charge < -0.3 is 12.4 Å². The summed E-state index contributed by atoms with van der Waals surface area (Å²) in [4.78, 5) is 12.4. The molecule has 1 fully saturated rings. The Morgan fingerprint density at radius 2 is 1.82 bits per heavy atom. The first-order valence-electron chi connectivity index (χ1n) is 6.15. The van der Waals surface area contributed by atoms with Crippen molar-refractivity contribution in [3.8, 4) is 0 Å². The van der Waals surface area contributed by atoms with Crippen LogP contribution in [0.15, 0.2) is 30.3 Å². The van der Waals surface area contributed by atoms with E-state index in [1.54, 1.807) is 6.92 Å². The molecule has 0 aliphatic carbocycles.